The molecule has 0 radical (unpaired) electrons. The number of rotatable bonds is 7. The number of aromatic nitrogens is 3. The molecule has 0 unspecified atom stereocenters. The maximum atomic E-state index is 14.0. The van der Waals surface area contributed by atoms with Gasteiger partial charge >= 0.3 is 0 Å². The largest absolute Gasteiger partial charge is 0.496 e. The van der Waals surface area contributed by atoms with Crippen molar-refractivity contribution in [1.29, 1.82) is 0 Å². The van der Waals surface area contributed by atoms with Crippen molar-refractivity contribution in [1.82, 2.24) is 15.1 Å². The number of halogens is 3. The molecule has 4 aromatic rings. The normalized spacial score (nSPS) is 10.9. The van der Waals surface area contributed by atoms with Gasteiger partial charge in [0.1, 0.15) is 29.5 Å². The highest BCUT2D eigenvalue weighted by molar-refractivity contribution is 9.10. The summed E-state index contributed by atoms with van der Waals surface area (Å²) in [4.78, 5) is 8.45. The van der Waals surface area contributed by atoms with Crippen LogP contribution in [-0.4, -0.2) is 33.9 Å². The number of benzene rings is 2. The summed E-state index contributed by atoms with van der Waals surface area (Å²) in [5.41, 5.74) is 2.00. The number of nitrogens with one attached hydrogen (secondary N) is 1. The van der Waals surface area contributed by atoms with E-state index in [0.29, 0.717) is 33.1 Å². The molecule has 0 atom stereocenters. The van der Waals surface area contributed by atoms with Crippen LogP contribution < -0.4 is 10.1 Å². The van der Waals surface area contributed by atoms with Gasteiger partial charge in [0, 0.05) is 34.3 Å². The van der Waals surface area contributed by atoms with Crippen molar-refractivity contribution in [3.63, 3.8) is 0 Å². The van der Waals surface area contributed by atoms with Crippen LogP contribution in [0.5, 0.6) is 11.6 Å². The lowest BCUT2D eigenvalue weighted by Gasteiger charge is -2.10. The molecule has 0 fully saturated rings. The summed E-state index contributed by atoms with van der Waals surface area (Å²) in [6, 6.07) is 10.9. The minimum atomic E-state index is -0.602. The Morgan fingerprint density at radius 2 is 1.88 bits per heavy atom. The predicted molar refractivity (Wildman–Crippen MR) is 117 cm³/mol. The first-order valence-corrected chi connectivity index (χ1v) is 10.3. The molecule has 0 aliphatic carbocycles. The molecule has 0 saturated carbocycles. The van der Waals surface area contributed by atoms with Crippen molar-refractivity contribution in [3.8, 4) is 34.2 Å². The van der Waals surface area contributed by atoms with Gasteiger partial charge < -0.3 is 19.7 Å². The third-order valence-corrected chi connectivity index (χ3v) is 5.17. The molecule has 2 heterocycles. The molecular weight excluding hydrogens is 486 g/mol. The van der Waals surface area contributed by atoms with Crippen LogP contribution in [0.3, 0.4) is 0 Å². The molecular formula is C22H17BrF2N4O3. The minimum Gasteiger partial charge on any atom is -0.496 e. The van der Waals surface area contributed by atoms with Crippen LogP contribution in [0, 0.1) is 11.6 Å². The third-order valence-electron chi connectivity index (χ3n) is 4.71. The molecule has 164 valence electrons. The monoisotopic (exact) mass is 502 g/mol. The van der Waals surface area contributed by atoms with Crippen LogP contribution in [0.2, 0.25) is 0 Å². The molecule has 0 bridgehead atoms. The highest BCUT2D eigenvalue weighted by atomic mass is 79.9. The molecule has 4 rings (SSSR count). The zero-order chi connectivity index (χ0) is 22.7. The average molecular weight is 503 g/mol. The molecule has 32 heavy (non-hydrogen) atoms. The maximum absolute atomic E-state index is 14.0. The van der Waals surface area contributed by atoms with E-state index in [9.17, 15) is 13.9 Å². The van der Waals surface area contributed by atoms with Gasteiger partial charge in [-0.3, -0.25) is 0 Å². The lowest BCUT2D eigenvalue weighted by Crippen LogP contribution is -2.09. The fraction of sp³-hybridized carbons (Fsp3) is 0.136. The van der Waals surface area contributed by atoms with Gasteiger partial charge in [-0.2, -0.15) is 0 Å². The van der Waals surface area contributed by atoms with Crippen molar-refractivity contribution < 1.29 is 23.1 Å². The van der Waals surface area contributed by atoms with Gasteiger partial charge in [-0.15, -0.1) is 0 Å². The van der Waals surface area contributed by atoms with Gasteiger partial charge in [-0.25, -0.2) is 18.7 Å². The van der Waals surface area contributed by atoms with E-state index in [1.54, 1.807) is 18.2 Å². The molecule has 2 aromatic heterocycles. The second-order valence-electron chi connectivity index (χ2n) is 6.78. The van der Waals surface area contributed by atoms with Crippen LogP contribution in [0.4, 0.5) is 14.6 Å². The molecule has 2 aromatic carbocycles. The fourth-order valence-electron chi connectivity index (χ4n) is 3.19. The summed E-state index contributed by atoms with van der Waals surface area (Å²) in [5, 5.41) is 15.9. The Hall–Kier alpha value is -3.53. The fourth-order valence-corrected chi connectivity index (χ4v) is 3.59. The smallest absolute Gasteiger partial charge is 0.252 e. The van der Waals surface area contributed by atoms with E-state index in [1.807, 2.05) is 6.07 Å². The number of hydrogen-bond acceptors (Lipinski definition) is 7. The van der Waals surface area contributed by atoms with E-state index in [4.69, 9.17) is 9.26 Å². The van der Waals surface area contributed by atoms with Crippen LogP contribution in [0.25, 0.3) is 22.6 Å². The molecule has 0 aliphatic heterocycles. The topological polar surface area (TPSA) is 93.3 Å². The van der Waals surface area contributed by atoms with E-state index in [2.05, 4.69) is 36.4 Å². The Morgan fingerprint density at radius 3 is 2.56 bits per heavy atom. The summed E-state index contributed by atoms with van der Waals surface area (Å²) in [7, 11) is 1.52. The highest BCUT2D eigenvalue weighted by Gasteiger charge is 2.14. The lowest BCUT2D eigenvalue weighted by molar-refractivity contribution is 0.363. The van der Waals surface area contributed by atoms with Gasteiger partial charge in [-0.05, 0) is 35.8 Å². The Bertz CT molecular complexity index is 1240. The summed E-state index contributed by atoms with van der Waals surface area (Å²) in [6.45, 7) is 0.281. The minimum absolute atomic E-state index is 0.00811. The zero-order valence-corrected chi connectivity index (χ0v) is 18.4. The predicted octanol–water partition coefficient (Wildman–Crippen LogP) is 5.21. The quantitative estimate of drug-likeness (QED) is 0.358. The van der Waals surface area contributed by atoms with Crippen LogP contribution in [0.1, 0.15) is 5.56 Å². The van der Waals surface area contributed by atoms with E-state index >= 15 is 0 Å². The highest BCUT2D eigenvalue weighted by Crippen LogP contribution is 2.35. The number of ether oxygens (including phenoxy) is 1. The number of aromatic hydroxyl groups is 1. The van der Waals surface area contributed by atoms with Gasteiger partial charge in [0.2, 0.25) is 0 Å². The summed E-state index contributed by atoms with van der Waals surface area (Å²) < 4.78 is 38.9. The molecule has 10 heteroatoms. The molecule has 2 N–H and O–H groups in total. The zero-order valence-electron chi connectivity index (χ0n) is 16.8. The second kappa shape index (κ2) is 9.31. The first-order chi connectivity index (χ1) is 15.4. The lowest BCUT2D eigenvalue weighted by atomic mass is 10.1. The first-order valence-electron chi connectivity index (χ1n) is 9.48. The maximum Gasteiger partial charge on any atom is 0.252 e. The van der Waals surface area contributed by atoms with E-state index in [-0.39, 0.29) is 24.4 Å². The van der Waals surface area contributed by atoms with Crippen LogP contribution in [-0.2, 0) is 6.42 Å². The van der Waals surface area contributed by atoms with Crippen molar-refractivity contribution in [3.05, 3.63) is 70.5 Å². The number of methoxy groups -OCH3 is 1. The van der Waals surface area contributed by atoms with Crippen molar-refractivity contribution >= 4 is 21.7 Å². The van der Waals surface area contributed by atoms with E-state index < -0.39 is 11.6 Å². The van der Waals surface area contributed by atoms with Crippen molar-refractivity contribution in [2.45, 2.75) is 6.42 Å². The summed E-state index contributed by atoms with van der Waals surface area (Å²) >= 11 is 3.07. The van der Waals surface area contributed by atoms with Gasteiger partial charge in [0.05, 0.1) is 18.4 Å². The second-order valence-corrected chi connectivity index (χ2v) is 7.69. The van der Waals surface area contributed by atoms with E-state index in [0.717, 1.165) is 5.56 Å². The Kier molecular flexibility index (Phi) is 6.31. The van der Waals surface area contributed by atoms with Crippen LogP contribution in [0.15, 0.2) is 57.8 Å². The number of hydrogen-bond donors (Lipinski definition) is 2. The Morgan fingerprint density at radius 1 is 1.09 bits per heavy atom. The third kappa shape index (κ3) is 4.70. The molecule has 0 amide bonds. The van der Waals surface area contributed by atoms with Gasteiger partial charge in [0.25, 0.3) is 5.88 Å². The van der Waals surface area contributed by atoms with Gasteiger partial charge in [0.15, 0.2) is 5.76 Å². The molecule has 0 saturated heterocycles. The Balaban J connectivity index is 1.50. The van der Waals surface area contributed by atoms with Gasteiger partial charge in [-0.1, -0.05) is 22.0 Å². The van der Waals surface area contributed by atoms with Crippen molar-refractivity contribution in [2.24, 2.45) is 0 Å². The standard InChI is InChI=1S/C22H17BrF2N4O3/c1-31-19-6-12(2-3-15(19)20-10-22(30)29-32-20)18-9-21(28-11-27-18)26-5-4-14-16(24)7-13(23)8-17(14)25/h2-3,6-11H,4-5H2,1H3,(H,29,30)(H,26,27,28). The summed E-state index contributed by atoms with van der Waals surface area (Å²) in [6.07, 6.45) is 1.55. The number of nitrogens with zero attached hydrogens (tertiary/aromatic N) is 3. The molecule has 0 spiro atoms. The first kappa shape index (κ1) is 21.7. The van der Waals surface area contributed by atoms with E-state index in [1.165, 1.54) is 31.6 Å². The van der Waals surface area contributed by atoms with Crippen LogP contribution >= 0.6 is 15.9 Å². The van der Waals surface area contributed by atoms with Crippen molar-refractivity contribution in [2.75, 3.05) is 19.0 Å². The SMILES string of the molecule is COc1cc(-c2cc(NCCc3c(F)cc(Br)cc3F)ncn2)ccc1-c1cc(O)no1. The average Bonchev–Trinajstić information content (AvgIpc) is 3.21. The number of anilines is 1. The Labute approximate surface area is 190 Å². The summed E-state index contributed by atoms with van der Waals surface area (Å²) in [5.74, 6) is -0.0448. The molecule has 0 aliphatic rings. The molecule has 7 nitrogen and oxygen atoms in total.